The van der Waals surface area contributed by atoms with Gasteiger partial charge in [0.05, 0.1) is 17.4 Å². The van der Waals surface area contributed by atoms with Crippen LogP contribution in [0.4, 0.5) is 5.69 Å². The van der Waals surface area contributed by atoms with E-state index in [0.29, 0.717) is 12.2 Å². The summed E-state index contributed by atoms with van der Waals surface area (Å²) in [5, 5.41) is 9.18. The maximum absolute atomic E-state index is 11.2. The number of benzene rings is 1. The molecule has 1 aromatic heterocycles. The van der Waals surface area contributed by atoms with Crippen LogP contribution in [-0.2, 0) is 6.54 Å². The molecular formula is C15H16N2O2. The van der Waals surface area contributed by atoms with E-state index in [1.54, 1.807) is 6.20 Å². The zero-order valence-electron chi connectivity index (χ0n) is 11.0. The van der Waals surface area contributed by atoms with E-state index < -0.39 is 5.97 Å². The van der Waals surface area contributed by atoms with Gasteiger partial charge in [0.2, 0.25) is 0 Å². The molecule has 1 heterocycles. The summed E-state index contributed by atoms with van der Waals surface area (Å²) in [5.74, 6) is -0.936. The molecule has 2 rings (SSSR count). The molecule has 0 aliphatic carbocycles. The largest absolute Gasteiger partial charge is 0.478 e. The fourth-order valence-corrected chi connectivity index (χ4v) is 2.00. The van der Waals surface area contributed by atoms with Gasteiger partial charge in [-0.1, -0.05) is 24.3 Å². The number of hydrogen-bond acceptors (Lipinski definition) is 3. The van der Waals surface area contributed by atoms with Gasteiger partial charge >= 0.3 is 5.97 Å². The van der Waals surface area contributed by atoms with Crippen LogP contribution in [0.2, 0.25) is 0 Å². The molecule has 0 aliphatic heterocycles. The summed E-state index contributed by atoms with van der Waals surface area (Å²) in [4.78, 5) is 17.1. The van der Waals surface area contributed by atoms with Crippen molar-refractivity contribution in [3.63, 3.8) is 0 Å². The number of aromatic carboxylic acids is 1. The van der Waals surface area contributed by atoms with Crippen LogP contribution in [0.1, 0.15) is 21.5 Å². The maximum atomic E-state index is 11.2. The van der Waals surface area contributed by atoms with E-state index in [-0.39, 0.29) is 5.56 Å². The number of carbonyl (C=O) groups is 1. The van der Waals surface area contributed by atoms with Crippen molar-refractivity contribution in [2.45, 2.75) is 13.5 Å². The first kappa shape index (κ1) is 13.1. The Kier molecular flexibility index (Phi) is 3.80. The van der Waals surface area contributed by atoms with Crippen molar-refractivity contribution in [3.05, 3.63) is 59.4 Å². The molecule has 4 nitrogen and oxygen atoms in total. The SMILES string of the molecule is Cc1ccccc1CN(C)c1cnccc1C(=O)O. The van der Waals surface area contributed by atoms with E-state index in [1.807, 2.05) is 43.1 Å². The average Bonchev–Trinajstić information content (AvgIpc) is 2.41. The highest BCUT2D eigenvalue weighted by Crippen LogP contribution is 2.20. The smallest absolute Gasteiger partial charge is 0.337 e. The molecule has 0 unspecified atom stereocenters. The van der Waals surface area contributed by atoms with Gasteiger partial charge < -0.3 is 10.0 Å². The molecule has 4 heteroatoms. The van der Waals surface area contributed by atoms with E-state index in [2.05, 4.69) is 4.98 Å². The van der Waals surface area contributed by atoms with Gasteiger partial charge in [-0.15, -0.1) is 0 Å². The second kappa shape index (κ2) is 5.52. The molecule has 2 aromatic rings. The summed E-state index contributed by atoms with van der Waals surface area (Å²) >= 11 is 0. The van der Waals surface area contributed by atoms with Crippen molar-refractivity contribution >= 4 is 11.7 Å². The fraction of sp³-hybridized carbons (Fsp3) is 0.200. The Morgan fingerprint density at radius 3 is 2.74 bits per heavy atom. The lowest BCUT2D eigenvalue weighted by molar-refractivity contribution is 0.0697. The molecule has 0 bridgehead atoms. The van der Waals surface area contributed by atoms with Gasteiger partial charge in [0, 0.05) is 19.8 Å². The Hall–Kier alpha value is -2.36. The van der Waals surface area contributed by atoms with Crippen LogP contribution in [0, 0.1) is 6.92 Å². The fourth-order valence-electron chi connectivity index (χ4n) is 2.00. The first-order valence-corrected chi connectivity index (χ1v) is 6.02. The minimum Gasteiger partial charge on any atom is -0.478 e. The van der Waals surface area contributed by atoms with Crippen LogP contribution >= 0.6 is 0 Å². The van der Waals surface area contributed by atoms with Crippen LogP contribution in [0.25, 0.3) is 0 Å². The molecule has 0 atom stereocenters. The molecule has 0 amide bonds. The van der Waals surface area contributed by atoms with Crippen molar-refractivity contribution in [3.8, 4) is 0 Å². The Morgan fingerprint density at radius 1 is 1.32 bits per heavy atom. The summed E-state index contributed by atoms with van der Waals surface area (Å²) in [5.41, 5.74) is 3.25. The molecule has 0 aliphatic rings. The lowest BCUT2D eigenvalue weighted by Gasteiger charge is -2.21. The van der Waals surface area contributed by atoms with Crippen molar-refractivity contribution in [2.24, 2.45) is 0 Å². The highest BCUT2D eigenvalue weighted by Gasteiger charge is 2.13. The van der Waals surface area contributed by atoms with Gasteiger partial charge in [-0.05, 0) is 24.1 Å². The highest BCUT2D eigenvalue weighted by molar-refractivity contribution is 5.94. The maximum Gasteiger partial charge on any atom is 0.337 e. The molecule has 19 heavy (non-hydrogen) atoms. The zero-order chi connectivity index (χ0) is 13.8. The number of aromatic nitrogens is 1. The summed E-state index contributed by atoms with van der Waals surface area (Å²) in [6, 6.07) is 9.59. The highest BCUT2D eigenvalue weighted by atomic mass is 16.4. The van der Waals surface area contributed by atoms with Crippen molar-refractivity contribution in [1.82, 2.24) is 4.98 Å². The number of pyridine rings is 1. The van der Waals surface area contributed by atoms with Crippen molar-refractivity contribution in [1.29, 1.82) is 0 Å². The normalized spacial score (nSPS) is 10.2. The van der Waals surface area contributed by atoms with Crippen LogP contribution < -0.4 is 4.90 Å². The molecule has 0 saturated heterocycles. The quantitative estimate of drug-likeness (QED) is 0.913. The second-order valence-corrected chi connectivity index (χ2v) is 4.48. The summed E-state index contributed by atoms with van der Waals surface area (Å²) in [6.07, 6.45) is 3.08. The van der Waals surface area contributed by atoms with Gasteiger partial charge in [0.1, 0.15) is 0 Å². The minimum atomic E-state index is -0.936. The Morgan fingerprint density at radius 2 is 2.05 bits per heavy atom. The number of anilines is 1. The van der Waals surface area contributed by atoms with Gasteiger partial charge in [-0.2, -0.15) is 0 Å². The molecule has 0 saturated carbocycles. The van der Waals surface area contributed by atoms with Crippen molar-refractivity contribution < 1.29 is 9.90 Å². The monoisotopic (exact) mass is 256 g/mol. The summed E-state index contributed by atoms with van der Waals surface area (Å²) in [7, 11) is 1.87. The van der Waals surface area contributed by atoms with Crippen LogP contribution in [0.5, 0.6) is 0 Å². The van der Waals surface area contributed by atoms with E-state index in [9.17, 15) is 9.90 Å². The molecule has 1 aromatic carbocycles. The third-order valence-electron chi connectivity index (χ3n) is 3.11. The molecule has 0 spiro atoms. The number of carboxylic acid groups (broad SMARTS) is 1. The van der Waals surface area contributed by atoms with Crippen LogP contribution in [0.15, 0.2) is 42.7 Å². The molecule has 0 fully saturated rings. The number of nitrogens with zero attached hydrogens (tertiary/aromatic N) is 2. The minimum absolute atomic E-state index is 0.270. The predicted octanol–water partition coefficient (Wildman–Crippen LogP) is 2.72. The first-order valence-electron chi connectivity index (χ1n) is 6.02. The van der Waals surface area contributed by atoms with E-state index in [4.69, 9.17) is 0 Å². The van der Waals surface area contributed by atoms with Gasteiger partial charge in [0.25, 0.3) is 0 Å². The van der Waals surface area contributed by atoms with Gasteiger partial charge in [-0.3, -0.25) is 4.98 Å². The third-order valence-corrected chi connectivity index (χ3v) is 3.11. The summed E-state index contributed by atoms with van der Waals surface area (Å²) < 4.78 is 0. The Labute approximate surface area is 112 Å². The van der Waals surface area contributed by atoms with E-state index in [0.717, 1.165) is 0 Å². The van der Waals surface area contributed by atoms with Crippen LogP contribution in [0.3, 0.4) is 0 Å². The zero-order valence-corrected chi connectivity index (χ0v) is 11.0. The number of aryl methyl sites for hydroxylation is 1. The lowest BCUT2D eigenvalue weighted by Crippen LogP contribution is -2.20. The van der Waals surface area contributed by atoms with E-state index >= 15 is 0 Å². The summed E-state index contributed by atoms with van der Waals surface area (Å²) in [6.45, 7) is 2.70. The number of carboxylic acids is 1. The van der Waals surface area contributed by atoms with Gasteiger partial charge in [0.15, 0.2) is 0 Å². The topological polar surface area (TPSA) is 53.4 Å². The number of hydrogen-bond donors (Lipinski definition) is 1. The van der Waals surface area contributed by atoms with Crippen molar-refractivity contribution in [2.75, 3.05) is 11.9 Å². The van der Waals surface area contributed by atoms with Gasteiger partial charge in [-0.25, -0.2) is 4.79 Å². The van der Waals surface area contributed by atoms with E-state index in [1.165, 1.54) is 23.4 Å². The molecule has 0 radical (unpaired) electrons. The first-order chi connectivity index (χ1) is 9.09. The van der Waals surface area contributed by atoms with Crippen LogP contribution in [-0.4, -0.2) is 23.1 Å². The standard InChI is InChI=1S/C15H16N2O2/c1-11-5-3-4-6-12(11)10-17(2)14-9-16-8-7-13(14)15(18)19/h3-9H,10H2,1-2H3,(H,18,19). The average molecular weight is 256 g/mol. The second-order valence-electron chi connectivity index (χ2n) is 4.48. The Balaban J connectivity index is 2.28. The Bertz CT molecular complexity index is 596. The molecule has 1 N–H and O–H groups in total. The third kappa shape index (κ3) is 2.91. The predicted molar refractivity (Wildman–Crippen MR) is 74.5 cm³/mol. The number of rotatable bonds is 4. The lowest BCUT2D eigenvalue weighted by atomic mass is 10.1. The molecular weight excluding hydrogens is 240 g/mol. The molecule has 98 valence electrons.